The topological polar surface area (TPSA) is 85.3 Å². The Kier molecular flexibility index (Phi) is 5.56. The van der Waals surface area contributed by atoms with Gasteiger partial charge in [-0.3, -0.25) is 4.79 Å². The van der Waals surface area contributed by atoms with Crippen LogP contribution in [0.4, 0.5) is 0 Å². The Morgan fingerprint density at radius 3 is 2.81 bits per heavy atom. The third-order valence-electron chi connectivity index (χ3n) is 7.05. The van der Waals surface area contributed by atoms with Crippen LogP contribution in [0.3, 0.4) is 0 Å². The number of fused-ring (bicyclic) bond motifs is 1. The number of Topliss-reactive ketones (excluding diaryl/α,β-unsaturated/α-hetero) is 1. The summed E-state index contributed by atoms with van der Waals surface area (Å²) in [5, 5.41) is 11.2. The standard InChI is InChI=1S/C24H29NO6/c1-5-31-21(27)7-6-14-10-20(30-4)23(28)22-15(14)11-17-16-12-19(29-3)18(26)13-24(16,22)8-9-25(17)2/h6-7,10,12,16-17,28H,5,8-9,11,13H2,1-4H3/b7-6+/t16?,17-,24+/m0/s1. The molecular weight excluding hydrogens is 398 g/mol. The smallest absolute Gasteiger partial charge is 0.330 e. The number of nitrogens with zero attached hydrogens (tertiary/aromatic N) is 1. The maximum atomic E-state index is 12.9. The second kappa shape index (κ2) is 8.04. The average molecular weight is 427 g/mol. The van der Waals surface area contributed by atoms with E-state index in [-0.39, 0.29) is 29.9 Å². The molecule has 31 heavy (non-hydrogen) atoms. The summed E-state index contributed by atoms with van der Waals surface area (Å²) in [6, 6.07) is 1.90. The van der Waals surface area contributed by atoms with Crippen molar-refractivity contribution in [1.82, 2.24) is 4.90 Å². The minimum absolute atomic E-state index is 0.0336. The first-order valence-corrected chi connectivity index (χ1v) is 10.6. The second-order valence-corrected chi connectivity index (χ2v) is 8.47. The first kappa shape index (κ1) is 21.4. The highest BCUT2D eigenvalue weighted by Gasteiger charge is 2.57. The number of phenols is 1. The summed E-state index contributed by atoms with van der Waals surface area (Å²) in [6.45, 7) is 2.89. The van der Waals surface area contributed by atoms with Gasteiger partial charge in [0.25, 0.3) is 0 Å². The van der Waals surface area contributed by atoms with E-state index in [0.29, 0.717) is 24.5 Å². The van der Waals surface area contributed by atoms with Crippen LogP contribution in [0.25, 0.3) is 6.08 Å². The highest BCUT2D eigenvalue weighted by Crippen LogP contribution is 2.58. The number of esters is 1. The molecule has 7 nitrogen and oxygen atoms in total. The molecule has 1 unspecified atom stereocenters. The minimum atomic E-state index is -0.533. The number of methoxy groups -OCH3 is 2. The van der Waals surface area contributed by atoms with E-state index >= 15 is 0 Å². The van der Waals surface area contributed by atoms with Crippen LogP contribution in [-0.4, -0.2) is 62.2 Å². The third kappa shape index (κ3) is 3.31. The number of allylic oxidation sites excluding steroid dienone is 1. The van der Waals surface area contributed by atoms with E-state index in [1.54, 1.807) is 19.1 Å². The van der Waals surface area contributed by atoms with Crippen molar-refractivity contribution in [1.29, 1.82) is 0 Å². The van der Waals surface area contributed by atoms with Gasteiger partial charge in [0.15, 0.2) is 23.0 Å². The lowest BCUT2D eigenvalue weighted by Gasteiger charge is -2.56. The number of piperidine rings is 1. The zero-order chi connectivity index (χ0) is 22.3. The lowest BCUT2D eigenvalue weighted by molar-refractivity contribution is -0.137. The van der Waals surface area contributed by atoms with Gasteiger partial charge in [-0.2, -0.15) is 0 Å². The summed E-state index contributed by atoms with van der Waals surface area (Å²) in [5.74, 6) is 0.372. The lowest BCUT2D eigenvalue weighted by Crippen LogP contribution is -2.60. The number of hydrogen-bond acceptors (Lipinski definition) is 7. The Morgan fingerprint density at radius 2 is 2.13 bits per heavy atom. The van der Waals surface area contributed by atoms with Crippen molar-refractivity contribution in [2.45, 2.75) is 37.6 Å². The number of rotatable bonds is 5. The quantitative estimate of drug-likeness (QED) is 0.571. The van der Waals surface area contributed by atoms with Crippen LogP contribution in [0.1, 0.15) is 36.5 Å². The normalized spacial score (nSPS) is 27.4. The van der Waals surface area contributed by atoms with Crippen molar-refractivity contribution in [3.8, 4) is 11.5 Å². The molecule has 4 rings (SSSR count). The van der Waals surface area contributed by atoms with Gasteiger partial charge in [-0.1, -0.05) is 0 Å². The van der Waals surface area contributed by atoms with Crippen LogP contribution in [0.15, 0.2) is 24.0 Å². The number of carbonyl (C=O) groups is 2. The molecule has 7 heteroatoms. The molecule has 1 aliphatic heterocycles. The summed E-state index contributed by atoms with van der Waals surface area (Å²) in [6.07, 6.45) is 6.75. The monoisotopic (exact) mass is 427 g/mol. The zero-order valence-electron chi connectivity index (χ0n) is 18.4. The van der Waals surface area contributed by atoms with Gasteiger partial charge in [0.2, 0.25) is 0 Å². The number of hydrogen-bond donors (Lipinski definition) is 1. The average Bonchev–Trinajstić information content (AvgIpc) is 2.75. The maximum Gasteiger partial charge on any atom is 0.330 e. The molecule has 1 heterocycles. The van der Waals surface area contributed by atoms with E-state index in [1.807, 2.05) is 6.08 Å². The van der Waals surface area contributed by atoms with Gasteiger partial charge in [-0.15, -0.1) is 0 Å². The number of carbonyl (C=O) groups excluding carboxylic acids is 2. The van der Waals surface area contributed by atoms with Crippen LogP contribution >= 0.6 is 0 Å². The number of ketones is 1. The highest BCUT2D eigenvalue weighted by atomic mass is 16.5. The Bertz CT molecular complexity index is 981. The maximum absolute atomic E-state index is 12.9. The van der Waals surface area contributed by atoms with E-state index in [0.717, 1.165) is 29.7 Å². The first-order valence-electron chi connectivity index (χ1n) is 10.6. The highest BCUT2D eigenvalue weighted by molar-refractivity contribution is 5.96. The van der Waals surface area contributed by atoms with E-state index in [4.69, 9.17) is 14.2 Å². The molecule has 0 saturated carbocycles. The Balaban J connectivity index is 1.94. The third-order valence-corrected chi connectivity index (χ3v) is 7.05. The van der Waals surface area contributed by atoms with E-state index in [1.165, 1.54) is 20.3 Å². The van der Waals surface area contributed by atoms with Crippen LogP contribution in [0, 0.1) is 5.92 Å². The predicted octanol–water partition coefficient (Wildman–Crippen LogP) is 2.59. The minimum Gasteiger partial charge on any atom is -0.504 e. The summed E-state index contributed by atoms with van der Waals surface area (Å²) < 4.78 is 15.9. The Morgan fingerprint density at radius 1 is 1.35 bits per heavy atom. The fourth-order valence-corrected chi connectivity index (χ4v) is 5.63. The van der Waals surface area contributed by atoms with Crippen LogP contribution in [0.2, 0.25) is 0 Å². The van der Waals surface area contributed by atoms with Gasteiger partial charge < -0.3 is 24.2 Å². The molecule has 1 fully saturated rings. The van der Waals surface area contributed by atoms with Crippen LogP contribution in [0.5, 0.6) is 11.5 Å². The second-order valence-electron chi connectivity index (χ2n) is 8.47. The lowest BCUT2D eigenvalue weighted by atomic mass is 9.53. The largest absolute Gasteiger partial charge is 0.504 e. The van der Waals surface area contributed by atoms with Gasteiger partial charge in [0.05, 0.1) is 20.8 Å². The molecule has 3 atom stereocenters. The van der Waals surface area contributed by atoms with Gasteiger partial charge in [0.1, 0.15) is 0 Å². The Labute approximate surface area is 182 Å². The van der Waals surface area contributed by atoms with E-state index < -0.39 is 11.4 Å². The number of benzene rings is 1. The molecule has 0 aromatic heterocycles. The molecule has 1 saturated heterocycles. The number of ether oxygens (including phenoxy) is 3. The van der Waals surface area contributed by atoms with E-state index in [2.05, 4.69) is 11.9 Å². The molecule has 1 N–H and O–H groups in total. The molecule has 2 aliphatic carbocycles. The molecular formula is C24H29NO6. The van der Waals surface area contributed by atoms with Crippen molar-refractivity contribution < 1.29 is 28.9 Å². The molecule has 3 aliphatic rings. The van der Waals surface area contributed by atoms with Gasteiger partial charge in [-0.25, -0.2) is 4.79 Å². The predicted molar refractivity (Wildman–Crippen MR) is 115 cm³/mol. The van der Waals surface area contributed by atoms with Crippen molar-refractivity contribution in [3.63, 3.8) is 0 Å². The molecule has 0 radical (unpaired) electrons. The van der Waals surface area contributed by atoms with Crippen molar-refractivity contribution in [2.24, 2.45) is 5.92 Å². The van der Waals surface area contributed by atoms with Crippen LogP contribution in [-0.2, 0) is 30.9 Å². The molecule has 166 valence electrons. The van der Waals surface area contributed by atoms with Crippen molar-refractivity contribution >= 4 is 17.8 Å². The number of aromatic hydroxyl groups is 1. The summed E-state index contributed by atoms with van der Waals surface area (Å²) in [5.41, 5.74) is 1.98. The number of likely N-dealkylation sites (N-methyl/N-ethyl adjacent to an activating group) is 1. The molecule has 1 aromatic rings. The van der Waals surface area contributed by atoms with Crippen LogP contribution < -0.4 is 4.74 Å². The SMILES string of the molecule is CCOC(=O)/C=C/c1cc(OC)c(O)c2c1C[C@H]1C3C=C(OC)C(=O)C[C@@]23CCN1C. The number of phenolic OH excluding ortho intramolecular Hbond substituents is 1. The zero-order valence-corrected chi connectivity index (χ0v) is 18.4. The fraction of sp³-hybridized carbons (Fsp3) is 0.500. The van der Waals surface area contributed by atoms with Gasteiger partial charge in [0, 0.05) is 35.4 Å². The summed E-state index contributed by atoms with van der Waals surface area (Å²) in [7, 11) is 5.12. The van der Waals surface area contributed by atoms with Crippen molar-refractivity contribution in [3.05, 3.63) is 40.7 Å². The van der Waals surface area contributed by atoms with Gasteiger partial charge >= 0.3 is 5.97 Å². The Hall–Kier alpha value is -2.80. The van der Waals surface area contributed by atoms with E-state index in [9.17, 15) is 14.7 Å². The molecule has 1 aromatic carbocycles. The molecule has 0 spiro atoms. The number of likely N-dealkylation sites (tertiary alicyclic amines) is 1. The summed E-state index contributed by atoms with van der Waals surface area (Å²) >= 11 is 0. The fourth-order valence-electron chi connectivity index (χ4n) is 5.63. The molecule has 2 bridgehead atoms. The first-order chi connectivity index (χ1) is 14.9. The summed E-state index contributed by atoms with van der Waals surface area (Å²) in [4.78, 5) is 27.1. The molecule has 0 amide bonds. The van der Waals surface area contributed by atoms with Crippen molar-refractivity contribution in [2.75, 3.05) is 34.4 Å². The van der Waals surface area contributed by atoms with Gasteiger partial charge in [-0.05, 0) is 62.7 Å².